The number of halogens is 1. The molecule has 2 fully saturated rings. The molecule has 2 aliphatic heterocycles. The van der Waals surface area contributed by atoms with Crippen LogP contribution in [0.2, 0.25) is 0 Å². The minimum absolute atomic E-state index is 0.0251. The fraction of sp³-hybridized carbons (Fsp3) is 0.360. The SMILES string of the molecule is CN1CCC2C(=O)C3NN=C(c4cnc5ccccc5n4)C3CC2C1c1ccc(I)cc1. The average molecular weight is 537 g/mol. The molecule has 7 heteroatoms. The normalized spacial score (nSPS) is 29.9. The van der Waals surface area contributed by atoms with Gasteiger partial charge in [0.25, 0.3) is 0 Å². The number of para-hydroxylation sites is 2. The van der Waals surface area contributed by atoms with E-state index < -0.39 is 0 Å². The number of benzene rings is 2. The molecular weight excluding hydrogens is 513 g/mol. The van der Waals surface area contributed by atoms with Gasteiger partial charge in [-0.2, -0.15) is 5.10 Å². The molecule has 2 aromatic carbocycles. The van der Waals surface area contributed by atoms with Crippen LogP contribution >= 0.6 is 22.6 Å². The van der Waals surface area contributed by atoms with Gasteiger partial charge >= 0.3 is 0 Å². The van der Waals surface area contributed by atoms with Crippen molar-refractivity contribution in [2.75, 3.05) is 13.6 Å². The van der Waals surface area contributed by atoms with Gasteiger partial charge in [-0.25, -0.2) is 4.98 Å². The number of hydrazone groups is 1. The van der Waals surface area contributed by atoms with Crippen molar-refractivity contribution >= 4 is 45.1 Å². The maximum Gasteiger partial charge on any atom is 0.160 e. The Bertz CT molecular complexity index is 1230. The molecule has 1 N–H and O–H groups in total. The van der Waals surface area contributed by atoms with Crippen molar-refractivity contribution in [2.45, 2.75) is 24.9 Å². The number of likely N-dealkylation sites (tertiary alicyclic amines) is 1. The molecule has 32 heavy (non-hydrogen) atoms. The Labute approximate surface area is 200 Å². The number of hydrogen-bond acceptors (Lipinski definition) is 6. The summed E-state index contributed by atoms with van der Waals surface area (Å²) in [5.74, 6) is 0.668. The van der Waals surface area contributed by atoms with Crippen LogP contribution in [0.5, 0.6) is 0 Å². The molecule has 5 unspecified atom stereocenters. The van der Waals surface area contributed by atoms with Gasteiger partial charge in [-0.1, -0.05) is 24.3 Å². The van der Waals surface area contributed by atoms with Crippen molar-refractivity contribution in [1.29, 1.82) is 0 Å². The maximum absolute atomic E-state index is 13.6. The number of Topliss-reactive ketones (excluding diaryl/α,β-unsaturated/α-hetero) is 1. The number of ketones is 1. The van der Waals surface area contributed by atoms with Crippen molar-refractivity contribution < 1.29 is 4.79 Å². The van der Waals surface area contributed by atoms with E-state index >= 15 is 0 Å². The lowest BCUT2D eigenvalue weighted by Gasteiger charge is -2.48. The highest BCUT2D eigenvalue weighted by Gasteiger charge is 2.52. The van der Waals surface area contributed by atoms with Gasteiger partial charge in [-0.3, -0.25) is 20.1 Å². The van der Waals surface area contributed by atoms with E-state index in [1.807, 2.05) is 24.3 Å². The molecule has 1 saturated heterocycles. The van der Waals surface area contributed by atoms with Gasteiger partial charge in [0.1, 0.15) is 11.7 Å². The molecular formula is C25H24IN5O. The summed E-state index contributed by atoms with van der Waals surface area (Å²) in [5.41, 5.74) is 7.82. The molecule has 6 nitrogen and oxygen atoms in total. The highest BCUT2D eigenvalue weighted by molar-refractivity contribution is 14.1. The molecule has 0 radical (unpaired) electrons. The van der Waals surface area contributed by atoms with Gasteiger partial charge in [-0.05, 0) is 84.8 Å². The lowest BCUT2D eigenvalue weighted by Crippen LogP contribution is -2.55. The number of nitrogens with zero attached hydrogens (tertiary/aromatic N) is 4. The van der Waals surface area contributed by atoms with Gasteiger partial charge < -0.3 is 0 Å². The minimum Gasteiger partial charge on any atom is -0.299 e. The quantitative estimate of drug-likeness (QED) is 0.504. The zero-order chi connectivity index (χ0) is 21.8. The number of fused-ring (bicyclic) bond motifs is 3. The number of carbonyl (C=O) groups excluding carboxylic acids is 1. The molecule has 6 rings (SSSR count). The van der Waals surface area contributed by atoms with Crippen LogP contribution in [0.1, 0.15) is 30.1 Å². The largest absolute Gasteiger partial charge is 0.299 e. The number of nitrogens with one attached hydrogen (secondary N) is 1. The molecule has 1 saturated carbocycles. The van der Waals surface area contributed by atoms with E-state index in [0.717, 1.165) is 41.8 Å². The van der Waals surface area contributed by atoms with Crippen molar-refractivity contribution in [3.63, 3.8) is 0 Å². The summed E-state index contributed by atoms with van der Waals surface area (Å²) in [7, 11) is 2.19. The average Bonchev–Trinajstić information content (AvgIpc) is 3.24. The van der Waals surface area contributed by atoms with Crippen LogP contribution in [0.25, 0.3) is 11.0 Å². The predicted octanol–water partition coefficient (Wildman–Crippen LogP) is 3.81. The number of aromatic nitrogens is 2. The van der Waals surface area contributed by atoms with E-state index in [9.17, 15) is 4.79 Å². The lowest BCUT2D eigenvalue weighted by molar-refractivity contribution is -0.134. The van der Waals surface area contributed by atoms with Crippen molar-refractivity contribution in [3.05, 3.63) is 69.6 Å². The zero-order valence-corrected chi connectivity index (χ0v) is 19.9. The Morgan fingerprint density at radius 2 is 1.84 bits per heavy atom. The standard InChI is InChI=1S/C25H24IN5O/c1-31-11-10-16-17(24(31)14-6-8-15(26)9-7-14)12-18-22(29-30-23(18)25(16)32)21-13-27-19-4-2-3-5-20(19)28-21/h2-9,13,16-18,23-24,30H,10-12H2,1H3. The Balaban J connectivity index is 1.36. The Hall–Kier alpha value is -2.39. The van der Waals surface area contributed by atoms with Crippen LogP contribution in [0.3, 0.4) is 0 Å². The Morgan fingerprint density at radius 3 is 2.66 bits per heavy atom. The van der Waals surface area contributed by atoms with E-state index in [4.69, 9.17) is 4.98 Å². The first kappa shape index (κ1) is 20.2. The summed E-state index contributed by atoms with van der Waals surface area (Å²) in [6.07, 6.45) is 3.63. The van der Waals surface area contributed by atoms with E-state index in [-0.39, 0.29) is 29.8 Å². The first-order valence-corrected chi connectivity index (χ1v) is 12.2. The second kappa shape index (κ2) is 7.88. The first-order valence-electron chi connectivity index (χ1n) is 11.1. The minimum atomic E-state index is -0.250. The van der Waals surface area contributed by atoms with Crippen molar-refractivity contribution in [2.24, 2.45) is 22.9 Å². The van der Waals surface area contributed by atoms with Gasteiger partial charge in [0, 0.05) is 21.4 Å². The molecule has 0 bridgehead atoms. The molecule has 3 aromatic rings. The van der Waals surface area contributed by atoms with Crippen LogP contribution in [-0.4, -0.2) is 46.0 Å². The highest BCUT2D eigenvalue weighted by Crippen LogP contribution is 2.48. The maximum atomic E-state index is 13.6. The van der Waals surface area contributed by atoms with Crippen LogP contribution in [0.4, 0.5) is 0 Å². The lowest BCUT2D eigenvalue weighted by atomic mass is 9.63. The summed E-state index contributed by atoms with van der Waals surface area (Å²) in [5, 5.41) is 4.62. The van der Waals surface area contributed by atoms with Crippen molar-refractivity contribution in [1.82, 2.24) is 20.3 Å². The van der Waals surface area contributed by atoms with Crippen LogP contribution in [-0.2, 0) is 4.79 Å². The molecule has 1 aliphatic carbocycles. The highest BCUT2D eigenvalue weighted by atomic mass is 127. The van der Waals surface area contributed by atoms with Gasteiger partial charge in [0.05, 0.1) is 22.9 Å². The molecule has 162 valence electrons. The molecule has 0 amide bonds. The second-order valence-corrected chi connectivity index (χ2v) is 10.4. The summed E-state index contributed by atoms with van der Waals surface area (Å²) in [4.78, 5) is 25.4. The van der Waals surface area contributed by atoms with Crippen LogP contribution in [0, 0.1) is 21.3 Å². The molecule has 3 aliphatic rings. The monoisotopic (exact) mass is 537 g/mol. The Morgan fingerprint density at radius 1 is 1.06 bits per heavy atom. The topological polar surface area (TPSA) is 70.5 Å². The summed E-state index contributed by atoms with van der Waals surface area (Å²) in [6.45, 7) is 0.935. The third-order valence-electron chi connectivity index (χ3n) is 7.39. The fourth-order valence-corrected chi connectivity index (χ4v) is 6.24. The first-order chi connectivity index (χ1) is 15.6. The van der Waals surface area contributed by atoms with Crippen LogP contribution < -0.4 is 5.43 Å². The van der Waals surface area contributed by atoms with Gasteiger partial charge in [-0.15, -0.1) is 0 Å². The second-order valence-electron chi connectivity index (χ2n) is 9.13. The van der Waals surface area contributed by atoms with E-state index in [0.29, 0.717) is 5.78 Å². The molecule has 1 aromatic heterocycles. The number of hydrogen-bond donors (Lipinski definition) is 1. The molecule has 5 atom stereocenters. The predicted molar refractivity (Wildman–Crippen MR) is 132 cm³/mol. The number of piperidine rings is 1. The van der Waals surface area contributed by atoms with Crippen LogP contribution in [0.15, 0.2) is 59.8 Å². The molecule has 0 spiro atoms. The van der Waals surface area contributed by atoms with Gasteiger partial charge in [0.15, 0.2) is 5.78 Å². The fourth-order valence-electron chi connectivity index (χ4n) is 5.88. The molecule has 3 heterocycles. The summed E-state index contributed by atoms with van der Waals surface area (Å²) >= 11 is 2.34. The zero-order valence-electron chi connectivity index (χ0n) is 17.8. The van der Waals surface area contributed by atoms with Crippen molar-refractivity contribution in [3.8, 4) is 0 Å². The van der Waals surface area contributed by atoms with E-state index in [1.165, 1.54) is 9.13 Å². The third kappa shape index (κ3) is 3.25. The number of carbonyl (C=O) groups is 1. The van der Waals surface area contributed by atoms with E-state index in [1.54, 1.807) is 6.20 Å². The van der Waals surface area contributed by atoms with E-state index in [2.05, 4.69) is 74.3 Å². The Kier molecular flexibility index (Phi) is 4.98. The summed E-state index contributed by atoms with van der Waals surface area (Å²) < 4.78 is 1.23. The smallest absolute Gasteiger partial charge is 0.160 e. The number of rotatable bonds is 2. The van der Waals surface area contributed by atoms with Gasteiger partial charge in [0.2, 0.25) is 0 Å². The summed E-state index contributed by atoms with van der Waals surface area (Å²) in [6, 6.07) is 16.6. The third-order valence-corrected chi connectivity index (χ3v) is 8.11.